The predicted molar refractivity (Wildman–Crippen MR) is 199 cm³/mol. The number of likely N-dealkylation sites (tertiary alicyclic amines) is 2. The van der Waals surface area contributed by atoms with Crippen molar-refractivity contribution >= 4 is 43.4 Å². The molecule has 0 bridgehead atoms. The number of amides is 2. The average Bonchev–Trinajstić information content (AvgIpc) is 3.17. The number of ketones is 2. The molecule has 54 heavy (non-hydrogen) atoms. The molecule has 2 amide bonds. The van der Waals surface area contributed by atoms with Crippen molar-refractivity contribution in [3.05, 3.63) is 48.5 Å². The lowest BCUT2D eigenvalue weighted by Crippen LogP contribution is -2.52. The summed E-state index contributed by atoms with van der Waals surface area (Å²) >= 11 is 0. The van der Waals surface area contributed by atoms with E-state index in [1.54, 1.807) is 52.0 Å². The van der Waals surface area contributed by atoms with Crippen LogP contribution >= 0.6 is 0 Å². The van der Waals surface area contributed by atoms with Crippen molar-refractivity contribution in [1.29, 1.82) is 0 Å². The van der Waals surface area contributed by atoms with E-state index in [9.17, 15) is 46.2 Å². The van der Waals surface area contributed by atoms with Gasteiger partial charge < -0.3 is 19.7 Å². The molecule has 16 heteroatoms. The third-order valence-electron chi connectivity index (χ3n) is 9.20. The van der Waals surface area contributed by atoms with E-state index in [2.05, 4.69) is 23.7 Å². The summed E-state index contributed by atoms with van der Waals surface area (Å²) in [4.78, 5) is 49.3. The summed E-state index contributed by atoms with van der Waals surface area (Å²) < 4.78 is 62.6. The molecule has 14 nitrogen and oxygen atoms in total. The quantitative estimate of drug-likeness (QED) is 0.281. The molecular formula is C38H46N2O12S2. The topological polar surface area (TPSA) is 202 Å². The first-order chi connectivity index (χ1) is 25.6. The van der Waals surface area contributed by atoms with Gasteiger partial charge in [-0.25, -0.2) is 26.4 Å². The van der Waals surface area contributed by atoms with Gasteiger partial charge in [0.05, 0.1) is 32.4 Å². The molecule has 2 aromatic rings. The van der Waals surface area contributed by atoms with Gasteiger partial charge in [0.2, 0.25) is 0 Å². The highest BCUT2D eigenvalue weighted by molar-refractivity contribution is 7.92. The minimum absolute atomic E-state index is 0.0204. The Labute approximate surface area is 316 Å². The minimum Gasteiger partial charge on any atom is -0.481 e. The molecule has 0 aromatic heterocycles. The summed E-state index contributed by atoms with van der Waals surface area (Å²) in [6.07, 6.45) is -1.80. The lowest BCUT2D eigenvalue weighted by Gasteiger charge is -2.36. The van der Waals surface area contributed by atoms with Gasteiger partial charge in [-0.15, -0.1) is 11.8 Å². The lowest BCUT2D eigenvalue weighted by molar-refractivity contribution is -0.125. The van der Waals surface area contributed by atoms with Crippen LogP contribution in [0.15, 0.2) is 58.3 Å². The monoisotopic (exact) mass is 786 g/mol. The highest BCUT2D eigenvalue weighted by Crippen LogP contribution is 2.31. The third-order valence-corrected chi connectivity index (χ3v) is 13.7. The van der Waals surface area contributed by atoms with Crippen LogP contribution in [0.3, 0.4) is 0 Å². The van der Waals surface area contributed by atoms with Crippen LogP contribution in [0.2, 0.25) is 0 Å². The zero-order valence-corrected chi connectivity index (χ0v) is 32.3. The normalized spacial score (nSPS) is 19.7. The summed E-state index contributed by atoms with van der Waals surface area (Å²) in [7, 11) is -7.37. The number of carbonyl (C=O) groups excluding carboxylic acids is 2. The number of ether oxygens (including phenoxy) is 2. The van der Waals surface area contributed by atoms with Crippen molar-refractivity contribution in [2.75, 3.05) is 26.3 Å². The zero-order valence-electron chi connectivity index (χ0n) is 30.7. The van der Waals surface area contributed by atoms with E-state index in [1.807, 2.05) is 0 Å². The van der Waals surface area contributed by atoms with Crippen molar-refractivity contribution < 1.29 is 55.7 Å². The summed E-state index contributed by atoms with van der Waals surface area (Å²) in [6, 6.07) is 10.3. The number of nitrogens with zero attached hydrogens (tertiary/aromatic N) is 2. The predicted octanol–water partition coefficient (Wildman–Crippen LogP) is 4.71. The molecule has 0 saturated carbocycles. The number of piperidine rings is 2. The fourth-order valence-corrected chi connectivity index (χ4v) is 9.69. The molecule has 2 saturated heterocycles. The van der Waals surface area contributed by atoms with Gasteiger partial charge in [-0.3, -0.25) is 19.4 Å². The number of benzene rings is 2. The number of carboxylic acid groups (broad SMARTS) is 2. The molecule has 4 atom stereocenters. The maximum absolute atomic E-state index is 13.0. The summed E-state index contributed by atoms with van der Waals surface area (Å²) in [5, 5.41) is 17.0. The van der Waals surface area contributed by atoms with Gasteiger partial charge in [-0.05, 0) is 88.1 Å². The number of sulfone groups is 2. The smallest absolute Gasteiger partial charge is 0.407 e. The number of Topliss-reactive ketones (excluding diaryl/α,β-unsaturated/α-hetero) is 2. The highest BCUT2D eigenvalue weighted by atomic mass is 32.2. The van der Waals surface area contributed by atoms with Crippen molar-refractivity contribution in [2.24, 2.45) is 0 Å². The first-order valence-corrected chi connectivity index (χ1v) is 20.5. The molecule has 4 rings (SSSR count). The van der Waals surface area contributed by atoms with Gasteiger partial charge in [-0.1, -0.05) is 25.7 Å². The second kappa shape index (κ2) is 19.9. The molecule has 2 heterocycles. The van der Waals surface area contributed by atoms with E-state index in [0.29, 0.717) is 11.5 Å². The molecule has 0 spiro atoms. The minimum atomic E-state index is -3.68. The maximum Gasteiger partial charge on any atom is 0.407 e. The standard InChI is InChI=1S/2C19H23NO6S/c2*1-3-5-12-26-14-6-8-15(9-7-14)27(24,25)16-10-11-20(19(22)23)17(13-16)18(21)4-2/h2*6-9,16-17H,4,10-13H2,1-2H3,(H,22,23). The molecule has 4 unspecified atom stereocenters. The van der Waals surface area contributed by atoms with Crippen molar-refractivity contribution in [2.45, 2.75) is 98.6 Å². The van der Waals surface area contributed by atoms with Gasteiger partial charge in [0.1, 0.15) is 24.7 Å². The van der Waals surface area contributed by atoms with Gasteiger partial charge in [-0.2, -0.15) is 0 Å². The Kier molecular flexibility index (Phi) is 15.9. The van der Waals surface area contributed by atoms with E-state index in [0.717, 1.165) is 9.80 Å². The molecule has 2 aliphatic rings. The van der Waals surface area contributed by atoms with Crippen LogP contribution in [0, 0.1) is 23.7 Å². The van der Waals surface area contributed by atoms with Crippen LogP contribution < -0.4 is 9.47 Å². The van der Waals surface area contributed by atoms with Gasteiger partial charge >= 0.3 is 12.2 Å². The number of carbonyl (C=O) groups is 4. The Balaban J connectivity index is 0.000000290. The Morgan fingerprint density at radius 1 is 0.648 bits per heavy atom. The van der Waals surface area contributed by atoms with Crippen molar-refractivity contribution in [3.63, 3.8) is 0 Å². The Hall–Kier alpha value is -5.06. The van der Waals surface area contributed by atoms with Crippen LogP contribution in [0.5, 0.6) is 11.5 Å². The summed E-state index contributed by atoms with van der Waals surface area (Å²) in [5.41, 5.74) is 0. The molecule has 2 aromatic carbocycles. The van der Waals surface area contributed by atoms with Gasteiger partial charge in [0, 0.05) is 25.9 Å². The SMILES string of the molecule is CC#CCOc1ccc(S(=O)(=O)C2CCN(C(=O)O)C(C(=O)CC)C2)cc1.CC#CCOc1ccc(S(=O)(=O)C2CCN(C(=O)O)C(C(=O)CC)C2)cc1. The van der Waals surface area contributed by atoms with Gasteiger partial charge in [0.15, 0.2) is 31.2 Å². The second-order valence-electron chi connectivity index (χ2n) is 12.4. The molecule has 292 valence electrons. The largest absolute Gasteiger partial charge is 0.481 e. The number of hydrogen-bond acceptors (Lipinski definition) is 10. The van der Waals surface area contributed by atoms with Crippen LogP contribution in [0.4, 0.5) is 9.59 Å². The molecule has 2 aliphatic heterocycles. The fraction of sp³-hybridized carbons (Fsp3) is 0.474. The summed E-state index contributed by atoms with van der Waals surface area (Å²) in [6.45, 7) is 7.16. The van der Waals surface area contributed by atoms with Crippen molar-refractivity contribution in [1.82, 2.24) is 9.80 Å². The van der Waals surface area contributed by atoms with E-state index in [4.69, 9.17) is 9.47 Å². The Morgan fingerprint density at radius 2 is 0.981 bits per heavy atom. The molecular weight excluding hydrogens is 741 g/mol. The van der Waals surface area contributed by atoms with Gasteiger partial charge in [0.25, 0.3) is 0 Å². The van der Waals surface area contributed by atoms with Crippen LogP contribution in [0.1, 0.15) is 66.2 Å². The summed E-state index contributed by atoms with van der Waals surface area (Å²) in [5.74, 6) is 11.4. The average molecular weight is 787 g/mol. The van der Waals surface area contributed by atoms with E-state index in [1.165, 1.54) is 24.3 Å². The lowest BCUT2D eigenvalue weighted by atomic mass is 9.97. The van der Waals surface area contributed by atoms with Crippen LogP contribution in [-0.4, -0.2) is 109 Å². The molecule has 0 aliphatic carbocycles. The fourth-order valence-electron chi connectivity index (χ4n) is 6.19. The van der Waals surface area contributed by atoms with E-state index in [-0.39, 0.29) is 86.2 Å². The number of rotatable bonds is 12. The molecule has 0 radical (unpaired) electrons. The zero-order chi connectivity index (χ0) is 40.1. The highest BCUT2D eigenvalue weighted by Gasteiger charge is 2.42. The Morgan fingerprint density at radius 3 is 1.26 bits per heavy atom. The third kappa shape index (κ3) is 11.0. The van der Waals surface area contributed by atoms with Crippen LogP contribution in [0.25, 0.3) is 0 Å². The second-order valence-corrected chi connectivity index (χ2v) is 16.8. The first kappa shape index (κ1) is 43.3. The van der Waals surface area contributed by atoms with Crippen molar-refractivity contribution in [3.8, 4) is 35.2 Å². The Bertz CT molecular complexity index is 1850. The molecule has 2 N–H and O–H groups in total. The maximum atomic E-state index is 13.0. The first-order valence-electron chi connectivity index (χ1n) is 17.4. The number of hydrogen-bond donors (Lipinski definition) is 2. The molecule has 2 fully saturated rings. The van der Waals surface area contributed by atoms with E-state index < -0.39 is 54.4 Å². The van der Waals surface area contributed by atoms with Crippen LogP contribution in [-0.2, 0) is 29.3 Å². The van der Waals surface area contributed by atoms with E-state index >= 15 is 0 Å².